The van der Waals surface area contributed by atoms with Crippen LogP contribution in [0.15, 0.2) is 54.6 Å². The Morgan fingerprint density at radius 1 is 1.04 bits per heavy atom. The Balaban J connectivity index is 1.50. The van der Waals surface area contributed by atoms with E-state index < -0.39 is 0 Å². The first-order valence-electron chi connectivity index (χ1n) is 9.08. The molecule has 1 aliphatic heterocycles. The molecule has 0 N–H and O–H groups in total. The Bertz CT molecular complexity index is 712. The summed E-state index contributed by atoms with van der Waals surface area (Å²) in [6, 6.07) is 16.7. The molecule has 1 heterocycles. The highest BCUT2D eigenvalue weighted by molar-refractivity contribution is 5.78. The van der Waals surface area contributed by atoms with E-state index in [1.807, 2.05) is 42.3 Å². The predicted octanol–water partition coefficient (Wildman–Crippen LogP) is 3.17. The SMILES string of the molecule is CC(c1ccccc1)N(C)C(=O)CN1CCN(c2ccc(F)cc2)CC1. The zero-order chi connectivity index (χ0) is 18.5. The number of hydrogen-bond acceptors (Lipinski definition) is 3. The number of amides is 1. The number of hydrogen-bond donors (Lipinski definition) is 0. The van der Waals surface area contributed by atoms with Crippen LogP contribution in [-0.2, 0) is 4.79 Å². The minimum absolute atomic E-state index is 0.0594. The lowest BCUT2D eigenvalue weighted by atomic mass is 10.1. The van der Waals surface area contributed by atoms with Crippen LogP contribution in [0, 0.1) is 5.82 Å². The van der Waals surface area contributed by atoms with Crippen LogP contribution >= 0.6 is 0 Å². The van der Waals surface area contributed by atoms with Gasteiger partial charge in [0.2, 0.25) is 5.91 Å². The molecule has 4 nitrogen and oxygen atoms in total. The maximum absolute atomic E-state index is 13.1. The molecule has 2 aromatic carbocycles. The lowest BCUT2D eigenvalue weighted by molar-refractivity contribution is -0.133. The third-order valence-corrected chi connectivity index (χ3v) is 5.18. The van der Waals surface area contributed by atoms with Crippen LogP contribution in [0.2, 0.25) is 0 Å². The summed E-state index contributed by atoms with van der Waals surface area (Å²) >= 11 is 0. The number of carbonyl (C=O) groups excluding carboxylic acids is 1. The van der Waals surface area contributed by atoms with E-state index in [-0.39, 0.29) is 17.8 Å². The lowest BCUT2D eigenvalue weighted by Crippen LogP contribution is -2.50. The van der Waals surface area contributed by atoms with Crippen molar-refractivity contribution in [3.63, 3.8) is 0 Å². The second kappa shape index (κ2) is 8.32. The maximum atomic E-state index is 13.1. The van der Waals surface area contributed by atoms with Crippen molar-refractivity contribution in [3.8, 4) is 0 Å². The van der Waals surface area contributed by atoms with Gasteiger partial charge in [-0.1, -0.05) is 30.3 Å². The Morgan fingerprint density at radius 2 is 1.65 bits per heavy atom. The molecule has 1 atom stereocenters. The largest absolute Gasteiger partial charge is 0.369 e. The van der Waals surface area contributed by atoms with Gasteiger partial charge in [-0.05, 0) is 36.8 Å². The van der Waals surface area contributed by atoms with E-state index in [0.29, 0.717) is 6.54 Å². The van der Waals surface area contributed by atoms with Gasteiger partial charge in [0.25, 0.3) is 0 Å². The van der Waals surface area contributed by atoms with Gasteiger partial charge in [0.05, 0.1) is 12.6 Å². The van der Waals surface area contributed by atoms with Crippen molar-refractivity contribution >= 4 is 11.6 Å². The monoisotopic (exact) mass is 355 g/mol. The summed E-state index contributed by atoms with van der Waals surface area (Å²) in [5.74, 6) is -0.0786. The average Bonchev–Trinajstić information content (AvgIpc) is 2.69. The van der Waals surface area contributed by atoms with E-state index in [2.05, 4.69) is 28.9 Å². The first kappa shape index (κ1) is 18.4. The van der Waals surface area contributed by atoms with Crippen molar-refractivity contribution < 1.29 is 9.18 Å². The summed E-state index contributed by atoms with van der Waals surface area (Å²) in [7, 11) is 1.87. The molecule has 0 bridgehead atoms. The van der Waals surface area contributed by atoms with E-state index >= 15 is 0 Å². The van der Waals surface area contributed by atoms with Crippen molar-refractivity contribution in [2.24, 2.45) is 0 Å². The highest BCUT2D eigenvalue weighted by Gasteiger charge is 2.23. The van der Waals surface area contributed by atoms with Crippen LogP contribution in [0.5, 0.6) is 0 Å². The van der Waals surface area contributed by atoms with Gasteiger partial charge in [-0.25, -0.2) is 4.39 Å². The molecule has 3 rings (SSSR count). The van der Waals surface area contributed by atoms with E-state index in [1.54, 1.807) is 0 Å². The number of rotatable bonds is 5. The molecular weight excluding hydrogens is 329 g/mol. The highest BCUT2D eigenvalue weighted by atomic mass is 19.1. The van der Waals surface area contributed by atoms with Gasteiger partial charge >= 0.3 is 0 Å². The standard InChI is InChI=1S/C21H26FN3O/c1-17(18-6-4-3-5-7-18)23(2)21(26)16-24-12-14-25(15-13-24)20-10-8-19(22)9-11-20/h3-11,17H,12-16H2,1-2H3. The van der Waals surface area contributed by atoms with Crippen molar-refractivity contribution in [2.75, 3.05) is 44.7 Å². The molecule has 5 heteroatoms. The number of halogens is 1. The molecule has 1 amide bonds. The molecule has 1 fully saturated rings. The van der Waals surface area contributed by atoms with Crippen LogP contribution in [0.3, 0.4) is 0 Å². The van der Waals surface area contributed by atoms with Crippen LogP contribution in [0.1, 0.15) is 18.5 Å². The minimum atomic E-state index is -0.214. The number of anilines is 1. The lowest BCUT2D eigenvalue weighted by Gasteiger charge is -2.37. The molecule has 2 aromatic rings. The molecule has 0 radical (unpaired) electrons. The third kappa shape index (κ3) is 4.41. The fourth-order valence-corrected chi connectivity index (χ4v) is 3.29. The maximum Gasteiger partial charge on any atom is 0.236 e. The van der Waals surface area contributed by atoms with E-state index in [4.69, 9.17) is 0 Å². The van der Waals surface area contributed by atoms with Crippen LogP contribution in [-0.4, -0.2) is 55.5 Å². The smallest absolute Gasteiger partial charge is 0.236 e. The summed E-state index contributed by atoms with van der Waals surface area (Å²) in [5.41, 5.74) is 2.18. The van der Waals surface area contributed by atoms with Crippen LogP contribution < -0.4 is 4.90 Å². The second-order valence-corrected chi connectivity index (χ2v) is 6.83. The van der Waals surface area contributed by atoms with Gasteiger partial charge < -0.3 is 9.80 Å². The minimum Gasteiger partial charge on any atom is -0.369 e. The van der Waals surface area contributed by atoms with Crippen LogP contribution in [0.4, 0.5) is 10.1 Å². The summed E-state index contributed by atoms with van der Waals surface area (Å²) in [6.07, 6.45) is 0. The van der Waals surface area contributed by atoms with Gasteiger partial charge in [-0.3, -0.25) is 9.69 Å². The number of nitrogens with zero attached hydrogens (tertiary/aromatic N) is 3. The van der Waals surface area contributed by atoms with Crippen molar-refractivity contribution in [3.05, 3.63) is 66.0 Å². The quantitative estimate of drug-likeness (QED) is 0.824. The highest BCUT2D eigenvalue weighted by Crippen LogP contribution is 2.19. The Labute approximate surface area is 154 Å². The predicted molar refractivity (Wildman–Crippen MR) is 103 cm³/mol. The molecule has 138 valence electrons. The van der Waals surface area contributed by atoms with Crippen LogP contribution in [0.25, 0.3) is 0 Å². The molecule has 1 unspecified atom stereocenters. The fraction of sp³-hybridized carbons (Fsp3) is 0.381. The zero-order valence-corrected chi connectivity index (χ0v) is 15.4. The van der Waals surface area contributed by atoms with E-state index in [9.17, 15) is 9.18 Å². The summed E-state index contributed by atoms with van der Waals surface area (Å²) in [4.78, 5) is 18.9. The third-order valence-electron chi connectivity index (χ3n) is 5.18. The molecule has 0 spiro atoms. The van der Waals surface area contributed by atoms with Gasteiger partial charge in [0.15, 0.2) is 0 Å². The zero-order valence-electron chi connectivity index (χ0n) is 15.4. The summed E-state index contributed by atoms with van der Waals surface area (Å²) in [5, 5.41) is 0. The van der Waals surface area contributed by atoms with Crippen molar-refractivity contribution in [1.29, 1.82) is 0 Å². The first-order valence-corrected chi connectivity index (χ1v) is 9.08. The molecule has 0 aliphatic carbocycles. The Hall–Kier alpha value is -2.40. The van der Waals surface area contributed by atoms with E-state index in [0.717, 1.165) is 37.4 Å². The normalized spacial score (nSPS) is 16.3. The molecular formula is C21H26FN3O. The van der Waals surface area contributed by atoms with Crippen molar-refractivity contribution in [1.82, 2.24) is 9.80 Å². The molecule has 0 saturated carbocycles. The summed E-state index contributed by atoms with van der Waals surface area (Å²) in [6.45, 7) is 5.84. The number of piperazine rings is 1. The Kier molecular flexibility index (Phi) is 5.89. The summed E-state index contributed by atoms with van der Waals surface area (Å²) < 4.78 is 13.1. The average molecular weight is 355 g/mol. The molecule has 0 aromatic heterocycles. The molecule has 1 saturated heterocycles. The Morgan fingerprint density at radius 3 is 2.27 bits per heavy atom. The van der Waals surface area contributed by atoms with Gasteiger partial charge in [-0.15, -0.1) is 0 Å². The topological polar surface area (TPSA) is 26.8 Å². The van der Waals surface area contributed by atoms with Gasteiger partial charge in [-0.2, -0.15) is 0 Å². The number of likely N-dealkylation sites (N-methyl/N-ethyl adjacent to an activating group) is 1. The first-order chi connectivity index (χ1) is 12.5. The van der Waals surface area contributed by atoms with Gasteiger partial charge in [0.1, 0.15) is 5.82 Å². The van der Waals surface area contributed by atoms with Gasteiger partial charge in [0, 0.05) is 38.9 Å². The molecule has 1 aliphatic rings. The second-order valence-electron chi connectivity index (χ2n) is 6.83. The fourth-order valence-electron chi connectivity index (χ4n) is 3.29. The van der Waals surface area contributed by atoms with E-state index in [1.165, 1.54) is 12.1 Å². The number of benzene rings is 2. The molecule has 26 heavy (non-hydrogen) atoms. The number of carbonyl (C=O) groups is 1. The van der Waals surface area contributed by atoms with Crippen molar-refractivity contribution in [2.45, 2.75) is 13.0 Å².